The average molecular weight is 274 g/mol. The molecule has 0 spiro atoms. The first-order valence-corrected chi connectivity index (χ1v) is 7.05. The molecule has 1 N–H and O–H groups in total. The van der Waals surface area contributed by atoms with Gasteiger partial charge in [0.05, 0.1) is 7.11 Å². The van der Waals surface area contributed by atoms with Crippen LogP contribution < -0.4 is 10.1 Å². The van der Waals surface area contributed by atoms with Crippen molar-refractivity contribution in [3.63, 3.8) is 0 Å². The third-order valence-corrected chi connectivity index (χ3v) is 3.88. The molecule has 3 rings (SSSR count). The molecule has 98 valence electrons. The summed E-state index contributed by atoms with van der Waals surface area (Å²) < 4.78 is 5.12. The van der Waals surface area contributed by atoms with Gasteiger partial charge >= 0.3 is 0 Å². The summed E-state index contributed by atoms with van der Waals surface area (Å²) in [6.45, 7) is 0. The van der Waals surface area contributed by atoms with Crippen molar-refractivity contribution in [3.05, 3.63) is 35.3 Å². The van der Waals surface area contributed by atoms with Gasteiger partial charge in [-0.15, -0.1) is 11.3 Å². The zero-order valence-electron chi connectivity index (χ0n) is 10.6. The lowest BCUT2D eigenvalue weighted by Gasteiger charge is -2.00. The first-order chi connectivity index (χ1) is 9.26. The summed E-state index contributed by atoms with van der Waals surface area (Å²) in [6, 6.07) is 8.03. The standard InChI is InChI=1S/C14H14N2O2S/c1-18-11-6-2-9(3-7-11)14-16-12(8-19-14)13(17)15-10-4-5-10/h2-3,6-8,10H,4-5H2,1H3,(H,15,17). The van der Waals surface area contributed by atoms with Crippen molar-refractivity contribution in [2.45, 2.75) is 18.9 Å². The maximum Gasteiger partial charge on any atom is 0.270 e. The predicted octanol–water partition coefficient (Wildman–Crippen LogP) is 2.71. The molecule has 0 radical (unpaired) electrons. The monoisotopic (exact) mass is 274 g/mol. The van der Waals surface area contributed by atoms with E-state index >= 15 is 0 Å². The smallest absolute Gasteiger partial charge is 0.270 e. The summed E-state index contributed by atoms with van der Waals surface area (Å²) in [5, 5.41) is 5.59. The van der Waals surface area contributed by atoms with E-state index in [1.807, 2.05) is 24.3 Å². The number of hydrogen-bond acceptors (Lipinski definition) is 4. The van der Waals surface area contributed by atoms with Gasteiger partial charge in [-0.3, -0.25) is 4.79 Å². The summed E-state index contributed by atoms with van der Waals surface area (Å²) >= 11 is 1.48. The maximum absolute atomic E-state index is 11.9. The van der Waals surface area contributed by atoms with Crippen LogP contribution in [0, 0.1) is 0 Å². The Labute approximate surface area is 115 Å². The van der Waals surface area contributed by atoms with Gasteiger partial charge in [0.15, 0.2) is 0 Å². The molecule has 0 aliphatic heterocycles. The number of carbonyl (C=O) groups excluding carboxylic acids is 1. The summed E-state index contributed by atoms with van der Waals surface area (Å²) in [5.41, 5.74) is 1.50. The quantitative estimate of drug-likeness (QED) is 0.932. The average Bonchev–Trinajstić information content (AvgIpc) is 3.11. The van der Waals surface area contributed by atoms with E-state index in [-0.39, 0.29) is 5.91 Å². The zero-order valence-corrected chi connectivity index (χ0v) is 11.4. The van der Waals surface area contributed by atoms with Gasteiger partial charge < -0.3 is 10.1 Å². The van der Waals surface area contributed by atoms with Crippen LogP contribution in [0.25, 0.3) is 10.6 Å². The van der Waals surface area contributed by atoms with Gasteiger partial charge in [-0.05, 0) is 37.1 Å². The van der Waals surface area contributed by atoms with Gasteiger partial charge in [0.25, 0.3) is 5.91 Å². The zero-order chi connectivity index (χ0) is 13.2. The minimum absolute atomic E-state index is 0.0708. The molecule has 1 amide bonds. The van der Waals surface area contributed by atoms with Crippen LogP contribution in [-0.4, -0.2) is 24.0 Å². The molecule has 1 aromatic heterocycles. The van der Waals surface area contributed by atoms with Crippen molar-refractivity contribution in [1.29, 1.82) is 0 Å². The number of amides is 1. The molecule has 0 atom stereocenters. The minimum atomic E-state index is -0.0708. The normalized spacial score (nSPS) is 14.2. The summed E-state index contributed by atoms with van der Waals surface area (Å²) in [4.78, 5) is 16.2. The minimum Gasteiger partial charge on any atom is -0.497 e. The van der Waals surface area contributed by atoms with Crippen molar-refractivity contribution in [2.75, 3.05) is 7.11 Å². The van der Waals surface area contributed by atoms with Crippen molar-refractivity contribution in [3.8, 4) is 16.3 Å². The van der Waals surface area contributed by atoms with Gasteiger partial charge in [-0.2, -0.15) is 0 Å². The predicted molar refractivity (Wildman–Crippen MR) is 74.6 cm³/mol. The fraction of sp³-hybridized carbons (Fsp3) is 0.286. The Morgan fingerprint density at radius 1 is 1.37 bits per heavy atom. The lowest BCUT2D eigenvalue weighted by Crippen LogP contribution is -2.25. The molecule has 1 aliphatic rings. The van der Waals surface area contributed by atoms with E-state index in [9.17, 15) is 4.79 Å². The van der Waals surface area contributed by atoms with E-state index in [4.69, 9.17) is 4.74 Å². The number of carbonyl (C=O) groups is 1. The fourth-order valence-electron chi connectivity index (χ4n) is 1.73. The van der Waals surface area contributed by atoms with Crippen LogP contribution in [0.1, 0.15) is 23.3 Å². The van der Waals surface area contributed by atoms with Gasteiger partial charge in [0.2, 0.25) is 0 Å². The molecule has 1 aliphatic carbocycles. The third-order valence-electron chi connectivity index (χ3n) is 2.99. The highest BCUT2D eigenvalue weighted by Crippen LogP contribution is 2.26. The molecule has 19 heavy (non-hydrogen) atoms. The highest BCUT2D eigenvalue weighted by Gasteiger charge is 2.24. The summed E-state index contributed by atoms with van der Waals surface area (Å²) in [5.74, 6) is 0.741. The van der Waals surface area contributed by atoms with Gasteiger partial charge in [-0.1, -0.05) is 0 Å². The maximum atomic E-state index is 11.9. The van der Waals surface area contributed by atoms with Crippen LogP contribution in [0.15, 0.2) is 29.6 Å². The molecule has 1 fully saturated rings. The first-order valence-electron chi connectivity index (χ1n) is 6.17. The summed E-state index contributed by atoms with van der Waals surface area (Å²) in [7, 11) is 1.64. The molecule has 1 aromatic carbocycles. The van der Waals surface area contributed by atoms with Crippen molar-refractivity contribution >= 4 is 17.2 Å². The Balaban J connectivity index is 1.77. The largest absolute Gasteiger partial charge is 0.497 e. The number of hydrogen-bond donors (Lipinski definition) is 1. The van der Waals surface area contributed by atoms with Crippen molar-refractivity contribution in [2.24, 2.45) is 0 Å². The number of ether oxygens (including phenoxy) is 1. The molecular weight excluding hydrogens is 260 g/mol. The number of nitrogens with one attached hydrogen (secondary N) is 1. The molecule has 5 heteroatoms. The van der Waals surface area contributed by atoms with E-state index in [1.165, 1.54) is 11.3 Å². The highest BCUT2D eigenvalue weighted by atomic mass is 32.1. The van der Waals surface area contributed by atoms with Gasteiger partial charge in [0, 0.05) is 17.0 Å². The van der Waals surface area contributed by atoms with Crippen LogP contribution in [0.4, 0.5) is 0 Å². The van der Waals surface area contributed by atoms with E-state index in [2.05, 4.69) is 10.3 Å². The highest BCUT2D eigenvalue weighted by molar-refractivity contribution is 7.13. The molecule has 1 heterocycles. The van der Waals surface area contributed by atoms with Crippen molar-refractivity contribution in [1.82, 2.24) is 10.3 Å². The van der Waals surface area contributed by atoms with Crippen LogP contribution in [0.5, 0.6) is 5.75 Å². The lowest BCUT2D eigenvalue weighted by atomic mass is 10.2. The number of methoxy groups -OCH3 is 1. The number of thiazole rings is 1. The Morgan fingerprint density at radius 3 is 2.74 bits per heavy atom. The Bertz CT molecular complexity index is 588. The molecule has 0 bridgehead atoms. The lowest BCUT2D eigenvalue weighted by molar-refractivity contribution is 0.0947. The van der Waals surface area contributed by atoms with E-state index in [0.717, 1.165) is 29.2 Å². The van der Waals surface area contributed by atoms with E-state index in [1.54, 1.807) is 12.5 Å². The topological polar surface area (TPSA) is 51.2 Å². The SMILES string of the molecule is COc1ccc(-c2nc(C(=O)NC3CC3)cs2)cc1. The van der Waals surface area contributed by atoms with Crippen LogP contribution in [0.2, 0.25) is 0 Å². The molecule has 2 aromatic rings. The van der Waals surface area contributed by atoms with Crippen LogP contribution in [-0.2, 0) is 0 Å². The number of nitrogens with zero attached hydrogens (tertiary/aromatic N) is 1. The summed E-state index contributed by atoms with van der Waals surface area (Å²) in [6.07, 6.45) is 2.17. The van der Waals surface area contributed by atoms with E-state index < -0.39 is 0 Å². The Morgan fingerprint density at radius 2 is 2.11 bits per heavy atom. The molecular formula is C14H14N2O2S. The first kappa shape index (κ1) is 12.2. The Kier molecular flexibility index (Phi) is 3.21. The Hall–Kier alpha value is -1.88. The number of aromatic nitrogens is 1. The molecule has 0 unspecified atom stereocenters. The van der Waals surface area contributed by atoms with Gasteiger partial charge in [-0.25, -0.2) is 4.98 Å². The second-order valence-electron chi connectivity index (χ2n) is 4.51. The third kappa shape index (κ3) is 2.76. The van der Waals surface area contributed by atoms with Crippen LogP contribution >= 0.6 is 11.3 Å². The molecule has 1 saturated carbocycles. The van der Waals surface area contributed by atoms with Crippen molar-refractivity contribution < 1.29 is 9.53 Å². The molecule has 4 nitrogen and oxygen atoms in total. The van der Waals surface area contributed by atoms with Crippen LogP contribution in [0.3, 0.4) is 0 Å². The molecule has 0 saturated heterocycles. The van der Waals surface area contributed by atoms with Gasteiger partial charge in [0.1, 0.15) is 16.5 Å². The second-order valence-corrected chi connectivity index (χ2v) is 5.37. The van der Waals surface area contributed by atoms with E-state index in [0.29, 0.717) is 11.7 Å². The number of benzene rings is 1. The number of rotatable bonds is 4. The fourth-order valence-corrected chi connectivity index (χ4v) is 2.54. The second kappa shape index (κ2) is 5.01.